The predicted molar refractivity (Wildman–Crippen MR) is 76.8 cm³/mol. The van der Waals surface area contributed by atoms with Gasteiger partial charge in [0.05, 0.1) is 10.5 Å². The van der Waals surface area contributed by atoms with Gasteiger partial charge in [-0.1, -0.05) is 12.8 Å². The summed E-state index contributed by atoms with van der Waals surface area (Å²) < 4.78 is 36.8. The summed E-state index contributed by atoms with van der Waals surface area (Å²) in [4.78, 5) is 11.9. The van der Waals surface area contributed by atoms with E-state index in [1.54, 1.807) is 0 Å². The van der Waals surface area contributed by atoms with Crippen LogP contribution in [0.2, 0.25) is 0 Å². The van der Waals surface area contributed by atoms with Crippen LogP contribution >= 0.6 is 0 Å². The Balaban J connectivity index is 2.24. The molecule has 3 N–H and O–H groups in total. The summed E-state index contributed by atoms with van der Waals surface area (Å²) in [6.45, 7) is 3.25. The molecule has 21 heavy (non-hydrogen) atoms. The molecule has 0 radical (unpaired) electrons. The van der Waals surface area contributed by atoms with E-state index in [2.05, 4.69) is 5.32 Å². The van der Waals surface area contributed by atoms with Gasteiger partial charge in [-0.05, 0) is 43.9 Å². The highest BCUT2D eigenvalue weighted by molar-refractivity contribution is 7.89. The Bertz CT molecular complexity index is 669. The number of rotatable bonds is 5. The molecule has 1 amide bonds. The monoisotopic (exact) mass is 314 g/mol. The second-order valence-electron chi connectivity index (χ2n) is 5.70. The van der Waals surface area contributed by atoms with Gasteiger partial charge < -0.3 is 5.32 Å². The number of hydrogen-bond donors (Lipinski definition) is 2. The summed E-state index contributed by atoms with van der Waals surface area (Å²) in [6.07, 6.45) is 3.17. The number of nitrogens with one attached hydrogen (secondary N) is 1. The Kier molecular flexibility index (Phi) is 4.34. The number of carbonyl (C=O) groups is 1. The fraction of sp³-hybridized carbons (Fsp3) is 0.500. The first kappa shape index (κ1) is 15.9. The van der Waals surface area contributed by atoms with Crippen LogP contribution in [0.15, 0.2) is 17.0 Å². The number of nitrogens with two attached hydrogens (primary N) is 1. The molecule has 1 fully saturated rings. The van der Waals surface area contributed by atoms with Gasteiger partial charge in [0.25, 0.3) is 5.91 Å². The van der Waals surface area contributed by atoms with Crippen molar-refractivity contribution in [2.24, 2.45) is 11.1 Å². The number of primary sulfonamides is 1. The highest BCUT2D eigenvalue weighted by Gasteiger charge is 2.25. The van der Waals surface area contributed by atoms with Crippen LogP contribution < -0.4 is 10.5 Å². The maximum Gasteiger partial charge on any atom is 0.254 e. The average molecular weight is 314 g/mol. The molecule has 7 heteroatoms. The Hall–Kier alpha value is -1.47. The van der Waals surface area contributed by atoms with Crippen molar-refractivity contribution in [3.05, 3.63) is 29.1 Å². The molecule has 0 saturated heterocycles. The quantitative estimate of drug-likeness (QED) is 0.867. The Labute approximate surface area is 123 Å². The van der Waals surface area contributed by atoms with E-state index in [0.717, 1.165) is 31.4 Å². The fourth-order valence-corrected chi connectivity index (χ4v) is 2.90. The van der Waals surface area contributed by atoms with Gasteiger partial charge in [-0.15, -0.1) is 0 Å². The van der Waals surface area contributed by atoms with E-state index < -0.39 is 21.7 Å². The van der Waals surface area contributed by atoms with Crippen molar-refractivity contribution < 1.29 is 17.6 Å². The zero-order valence-corrected chi connectivity index (χ0v) is 12.8. The summed E-state index contributed by atoms with van der Waals surface area (Å²) in [7, 11) is -3.98. The van der Waals surface area contributed by atoms with E-state index in [-0.39, 0.29) is 22.1 Å². The Morgan fingerprint density at radius 2 is 2.10 bits per heavy atom. The summed E-state index contributed by atoms with van der Waals surface area (Å²) in [5, 5.41) is 7.74. The first-order valence-electron chi connectivity index (χ1n) is 6.82. The van der Waals surface area contributed by atoms with Crippen LogP contribution in [0.25, 0.3) is 0 Å². The predicted octanol–water partition coefficient (Wildman–Crippen LogP) is 1.70. The topological polar surface area (TPSA) is 89.3 Å². The second-order valence-corrected chi connectivity index (χ2v) is 7.26. The largest absolute Gasteiger partial charge is 0.349 e. The van der Waals surface area contributed by atoms with Crippen molar-refractivity contribution in [3.63, 3.8) is 0 Å². The van der Waals surface area contributed by atoms with Crippen LogP contribution in [0.5, 0.6) is 0 Å². The molecule has 1 saturated carbocycles. The summed E-state index contributed by atoms with van der Waals surface area (Å²) in [5.41, 5.74) is -0.219. The summed E-state index contributed by atoms with van der Waals surface area (Å²) in [6, 6.07) is 2.02. The highest BCUT2D eigenvalue weighted by atomic mass is 32.2. The van der Waals surface area contributed by atoms with Gasteiger partial charge in [0, 0.05) is 6.04 Å². The molecule has 5 nitrogen and oxygen atoms in total. The van der Waals surface area contributed by atoms with E-state index >= 15 is 0 Å². The van der Waals surface area contributed by atoms with Crippen molar-refractivity contribution in [2.45, 2.75) is 44.0 Å². The minimum Gasteiger partial charge on any atom is -0.349 e. The lowest BCUT2D eigenvalue weighted by Gasteiger charge is -2.15. The van der Waals surface area contributed by atoms with Crippen LogP contribution in [0.3, 0.4) is 0 Å². The first-order valence-corrected chi connectivity index (χ1v) is 8.37. The fourth-order valence-electron chi connectivity index (χ4n) is 2.28. The second kappa shape index (κ2) is 5.73. The lowest BCUT2D eigenvalue weighted by atomic mass is 10.1. The van der Waals surface area contributed by atoms with E-state index in [9.17, 15) is 17.6 Å². The van der Waals surface area contributed by atoms with Gasteiger partial charge in [-0.2, -0.15) is 0 Å². The smallest absolute Gasteiger partial charge is 0.254 e. The number of carbonyl (C=O) groups excluding carboxylic acids is 1. The third-order valence-corrected chi connectivity index (χ3v) is 4.46. The molecule has 0 aliphatic heterocycles. The number of aryl methyl sites for hydroxylation is 1. The normalized spacial score (nSPS) is 16.6. The minimum atomic E-state index is -3.98. The minimum absolute atomic E-state index is 0.0709. The van der Waals surface area contributed by atoms with Crippen LogP contribution in [0, 0.1) is 18.7 Å². The lowest BCUT2D eigenvalue weighted by molar-refractivity contribution is 0.0933. The summed E-state index contributed by atoms with van der Waals surface area (Å²) >= 11 is 0. The van der Waals surface area contributed by atoms with Crippen LogP contribution in [-0.2, 0) is 10.0 Å². The van der Waals surface area contributed by atoms with E-state index in [1.165, 1.54) is 6.92 Å². The molecule has 116 valence electrons. The molecule has 1 aliphatic rings. The Morgan fingerprint density at radius 3 is 2.62 bits per heavy atom. The molecule has 1 unspecified atom stereocenters. The number of benzene rings is 1. The Morgan fingerprint density at radius 1 is 1.48 bits per heavy atom. The van der Waals surface area contributed by atoms with Crippen LogP contribution in [0.1, 0.15) is 42.1 Å². The third kappa shape index (κ3) is 4.01. The van der Waals surface area contributed by atoms with E-state index in [4.69, 9.17) is 5.14 Å². The van der Waals surface area contributed by atoms with Crippen molar-refractivity contribution >= 4 is 15.9 Å². The molecule has 1 aromatic rings. The van der Waals surface area contributed by atoms with Gasteiger partial charge in [-0.25, -0.2) is 17.9 Å². The van der Waals surface area contributed by atoms with Gasteiger partial charge >= 0.3 is 0 Å². The molecule has 1 atom stereocenters. The third-order valence-electron chi connectivity index (χ3n) is 3.56. The lowest BCUT2D eigenvalue weighted by Crippen LogP contribution is -2.33. The zero-order valence-electron chi connectivity index (χ0n) is 12.0. The molecule has 0 spiro atoms. The molecule has 0 heterocycles. The number of sulfonamides is 1. The van der Waals surface area contributed by atoms with E-state index in [0.29, 0.717) is 5.92 Å². The van der Waals surface area contributed by atoms with Crippen molar-refractivity contribution in [3.8, 4) is 0 Å². The van der Waals surface area contributed by atoms with Crippen LogP contribution in [-0.4, -0.2) is 20.4 Å². The van der Waals surface area contributed by atoms with Crippen LogP contribution in [0.4, 0.5) is 4.39 Å². The number of hydrogen-bond acceptors (Lipinski definition) is 3. The van der Waals surface area contributed by atoms with Gasteiger partial charge in [0.2, 0.25) is 10.0 Å². The van der Waals surface area contributed by atoms with Crippen molar-refractivity contribution in [1.29, 1.82) is 0 Å². The van der Waals surface area contributed by atoms with Gasteiger partial charge in [0.1, 0.15) is 5.82 Å². The number of amides is 1. The maximum absolute atomic E-state index is 14.0. The van der Waals surface area contributed by atoms with Gasteiger partial charge in [-0.3, -0.25) is 4.79 Å². The average Bonchev–Trinajstić information content (AvgIpc) is 3.14. The molecule has 1 aromatic carbocycles. The maximum atomic E-state index is 14.0. The first-order chi connectivity index (χ1) is 9.68. The molecule has 0 bridgehead atoms. The molecular weight excluding hydrogens is 295 g/mol. The van der Waals surface area contributed by atoms with Crippen molar-refractivity contribution in [2.75, 3.05) is 0 Å². The van der Waals surface area contributed by atoms with Gasteiger partial charge in [0.15, 0.2) is 0 Å². The molecular formula is C14H19FN2O3S. The SMILES string of the molecule is Cc1cc(S(N)(=O)=O)cc(C(=O)NC(C)CC2CC2)c1F. The summed E-state index contributed by atoms with van der Waals surface area (Å²) in [5.74, 6) is -0.713. The molecule has 0 aromatic heterocycles. The van der Waals surface area contributed by atoms with Crippen molar-refractivity contribution in [1.82, 2.24) is 5.32 Å². The molecule has 2 rings (SSSR count). The standard InChI is InChI=1S/C14H19FN2O3S/c1-8-5-11(21(16,19)20)7-12(13(8)15)14(18)17-9(2)6-10-3-4-10/h5,7,9-10H,3-4,6H2,1-2H3,(H,17,18)(H2,16,19,20). The number of halogens is 1. The highest BCUT2D eigenvalue weighted by Crippen LogP contribution is 2.33. The zero-order chi connectivity index (χ0) is 15.8. The van der Waals surface area contributed by atoms with E-state index in [1.807, 2.05) is 6.92 Å². The molecule has 1 aliphatic carbocycles.